The monoisotopic (exact) mass is 296 g/mol. The molecule has 1 amide bonds. The Balaban J connectivity index is 2.91. The van der Waals surface area contributed by atoms with Gasteiger partial charge in [0.15, 0.2) is 0 Å². The molecule has 0 aliphatic heterocycles. The molecule has 0 aromatic heterocycles. The first-order valence-electron chi connectivity index (χ1n) is 5.16. The molecule has 0 saturated heterocycles. The largest absolute Gasteiger partial charge is 0.495 e. The summed E-state index contributed by atoms with van der Waals surface area (Å²) in [5, 5.41) is 11.5. The lowest BCUT2D eigenvalue weighted by molar-refractivity contribution is -0.118. The number of carbonyl (C=O) groups excluding carboxylic acids is 1. The normalized spacial score (nSPS) is 11.4. The highest BCUT2D eigenvalue weighted by molar-refractivity contribution is 9.10. The average Bonchev–Trinajstić information content (AvgIpc) is 2.31. The van der Waals surface area contributed by atoms with Gasteiger partial charge in [-0.25, -0.2) is 0 Å². The van der Waals surface area contributed by atoms with Crippen LogP contribution in [0.1, 0.15) is 13.3 Å². The first-order chi connectivity index (χ1) is 8.12. The quantitative estimate of drug-likeness (QED) is 0.929. The molecule has 1 aromatic rings. The Labute approximate surface area is 109 Å². The minimum Gasteiger partial charge on any atom is -0.495 e. The van der Waals surface area contributed by atoms with Crippen LogP contribution in [-0.4, -0.2) is 13.0 Å². The van der Waals surface area contributed by atoms with Crippen LogP contribution in [0.2, 0.25) is 0 Å². The van der Waals surface area contributed by atoms with E-state index in [-0.39, 0.29) is 5.91 Å². The molecule has 5 heteroatoms. The number of anilines is 1. The number of hydrogen-bond donors (Lipinski definition) is 1. The number of carbonyl (C=O) groups is 1. The minimum atomic E-state index is -0.640. The van der Waals surface area contributed by atoms with E-state index in [9.17, 15) is 4.79 Å². The highest BCUT2D eigenvalue weighted by Gasteiger charge is 2.17. The summed E-state index contributed by atoms with van der Waals surface area (Å²) in [6.07, 6.45) is 0.485. The van der Waals surface area contributed by atoms with E-state index in [2.05, 4.69) is 21.2 Å². The molecule has 1 N–H and O–H groups in total. The summed E-state index contributed by atoms with van der Waals surface area (Å²) in [6, 6.07) is 7.25. The number of benzene rings is 1. The van der Waals surface area contributed by atoms with E-state index in [1.165, 1.54) is 7.11 Å². The number of ether oxygens (including phenoxy) is 1. The van der Waals surface area contributed by atoms with Gasteiger partial charge in [0.2, 0.25) is 5.91 Å². The molecular formula is C12H13BrN2O2. The highest BCUT2D eigenvalue weighted by atomic mass is 79.9. The lowest BCUT2D eigenvalue weighted by atomic mass is 10.1. The van der Waals surface area contributed by atoms with Crippen molar-refractivity contribution in [3.63, 3.8) is 0 Å². The van der Waals surface area contributed by atoms with E-state index in [4.69, 9.17) is 10.00 Å². The zero-order chi connectivity index (χ0) is 12.8. The number of nitriles is 1. The molecule has 90 valence electrons. The molecule has 0 fully saturated rings. The smallest absolute Gasteiger partial charge is 0.241 e. The zero-order valence-corrected chi connectivity index (χ0v) is 11.2. The van der Waals surface area contributed by atoms with Crippen molar-refractivity contribution in [2.45, 2.75) is 13.3 Å². The maximum absolute atomic E-state index is 11.7. The maximum atomic E-state index is 11.7. The fraction of sp³-hybridized carbons (Fsp3) is 0.333. The molecule has 0 bridgehead atoms. The first kappa shape index (κ1) is 13.5. The minimum absolute atomic E-state index is 0.314. The summed E-state index contributed by atoms with van der Waals surface area (Å²) in [4.78, 5) is 11.7. The van der Waals surface area contributed by atoms with Crippen molar-refractivity contribution in [2.24, 2.45) is 5.92 Å². The molecule has 1 rings (SSSR count). The van der Waals surface area contributed by atoms with Crippen molar-refractivity contribution in [1.29, 1.82) is 5.26 Å². The summed E-state index contributed by atoms with van der Waals surface area (Å²) in [7, 11) is 1.53. The van der Waals surface area contributed by atoms with E-state index >= 15 is 0 Å². The van der Waals surface area contributed by atoms with Crippen molar-refractivity contribution in [2.75, 3.05) is 12.4 Å². The van der Waals surface area contributed by atoms with Crippen LogP contribution < -0.4 is 10.1 Å². The second-order valence-corrected chi connectivity index (χ2v) is 4.34. The lowest BCUT2D eigenvalue weighted by Gasteiger charge is -2.12. The number of nitrogens with zero attached hydrogens (tertiary/aromatic N) is 1. The van der Waals surface area contributed by atoms with Gasteiger partial charge in [-0.3, -0.25) is 4.79 Å². The van der Waals surface area contributed by atoms with Crippen molar-refractivity contribution in [3.05, 3.63) is 22.7 Å². The third kappa shape index (κ3) is 3.46. The topological polar surface area (TPSA) is 62.1 Å². The highest BCUT2D eigenvalue weighted by Crippen LogP contribution is 2.28. The number of halogens is 1. The first-order valence-corrected chi connectivity index (χ1v) is 5.95. The van der Waals surface area contributed by atoms with E-state index in [0.29, 0.717) is 17.9 Å². The van der Waals surface area contributed by atoms with Crippen molar-refractivity contribution >= 4 is 27.5 Å². The molecular weight excluding hydrogens is 284 g/mol. The van der Waals surface area contributed by atoms with Crippen molar-refractivity contribution < 1.29 is 9.53 Å². The molecule has 0 aliphatic rings. The Hall–Kier alpha value is -1.54. The van der Waals surface area contributed by atoms with Crippen LogP contribution in [0, 0.1) is 17.2 Å². The average molecular weight is 297 g/mol. The predicted molar refractivity (Wildman–Crippen MR) is 68.7 cm³/mol. The van der Waals surface area contributed by atoms with Crippen LogP contribution in [0.3, 0.4) is 0 Å². The van der Waals surface area contributed by atoms with E-state index in [0.717, 1.165) is 4.47 Å². The Kier molecular flexibility index (Phi) is 4.98. The van der Waals surface area contributed by atoms with Gasteiger partial charge in [-0.2, -0.15) is 5.26 Å². The summed E-state index contributed by atoms with van der Waals surface area (Å²) < 4.78 is 5.96. The summed E-state index contributed by atoms with van der Waals surface area (Å²) >= 11 is 3.31. The molecule has 1 unspecified atom stereocenters. The van der Waals surface area contributed by atoms with Crippen LogP contribution in [-0.2, 0) is 4.79 Å². The third-order valence-corrected chi connectivity index (χ3v) is 2.79. The van der Waals surface area contributed by atoms with Crippen molar-refractivity contribution in [3.8, 4) is 11.8 Å². The molecule has 0 spiro atoms. The van der Waals surface area contributed by atoms with Gasteiger partial charge in [0.05, 0.1) is 18.9 Å². The standard InChI is InChI=1S/C12H13BrN2O2/c1-3-8(7-14)12(16)15-10-6-9(13)4-5-11(10)17-2/h4-6,8H,3H2,1-2H3,(H,15,16). The molecule has 1 aromatic carbocycles. The van der Waals surface area contributed by atoms with E-state index in [1.807, 2.05) is 12.1 Å². The van der Waals surface area contributed by atoms with Crippen LogP contribution in [0.25, 0.3) is 0 Å². The van der Waals surface area contributed by atoms with Gasteiger partial charge in [0, 0.05) is 4.47 Å². The Morgan fingerprint density at radius 2 is 2.35 bits per heavy atom. The third-order valence-electron chi connectivity index (χ3n) is 2.30. The number of methoxy groups -OCH3 is 1. The Bertz CT molecular complexity index is 454. The SMILES string of the molecule is CCC(C#N)C(=O)Nc1cc(Br)ccc1OC. The number of amides is 1. The fourth-order valence-corrected chi connectivity index (χ4v) is 1.69. The molecule has 0 radical (unpaired) electrons. The van der Waals surface area contributed by atoms with Gasteiger partial charge in [-0.05, 0) is 24.6 Å². The number of nitrogens with one attached hydrogen (secondary N) is 1. The predicted octanol–water partition coefficient (Wildman–Crippen LogP) is 2.95. The zero-order valence-electron chi connectivity index (χ0n) is 9.66. The second-order valence-electron chi connectivity index (χ2n) is 3.42. The Morgan fingerprint density at radius 3 is 2.88 bits per heavy atom. The molecule has 1 atom stereocenters. The summed E-state index contributed by atoms with van der Waals surface area (Å²) in [5.74, 6) is -0.389. The molecule has 17 heavy (non-hydrogen) atoms. The maximum Gasteiger partial charge on any atom is 0.241 e. The van der Waals surface area contributed by atoms with Crippen LogP contribution in [0.4, 0.5) is 5.69 Å². The van der Waals surface area contributed by atoms with Crippen LogP contribution in [0.15, 0.2) is 22.7 Å². The van der Waals surface area contributed by atoms with Crippen LogP contribution >= 0.6 is 15.9 Å². The lowest BCUT2D eigenvalue weighted by Crippen LogP contribution is -2.21. The molecule has 0 aliphatic carbocycles. The van der Waals surface area contributed by atoms with Crippen LogP contribution in [0.5, 0.6) is 5.75 Å². The van der Waals surface area contributed by atoms with Crippen molar-refractivity contribution in [1.82, 2.24) is 0 Å². The van der Waals surface area contributed by atoms with Gasteiger partial charge in [-0.15, -0.1) is 0 Å². The molecule has 4 nitrogen and oxygen atoms in total. The second kappa shape index (κ2) is 6.26. The van der Waals surface area contributed by atoms with Gasteiger partial charge in [-0.1, -0.05) is 22.9 Å². The van der Waals surface area contributed by atoms with Gasteiger partial charge in [0.1, 0.15) is 11.7 Å². The molecule has 0 heterocycles. The number of rotatable bonds is 4. The number of hydrogen-bond acceptors (Lipinski definition) is 3. The fourth-order valence-electron chi connectivity index (χ4n) is 1.33. The summed E-state index contributed by atoms with van der Waals surface area (Å²) in [5.41, 5.74) is 0.556. The van der Waals surface area contributed by atoms with E-state index in [1.54, 1.807) is 19.1 Å². The van der Waals surface area contributed by atoms with Gasteiger partial charge < -0.3 is 10.1 Å². The van der Waals surface area contributed by atoms with Gasteiger partial charge >= 0.3 is 0 Å². The summed E-state index contributed by atoms with van der Waals surface area (Å²) in [6.45, 7) is 1.80. The Morgan fingerprint density at radius 1 is 1.65 bits per heavy atom. The van der Waals surface area contributed by atoms with E-state index < -0.39 is 5.92 Å². The molecule has 0 saturated carbocycles. The van der Waals surface area contributed by atoms with Gasteiger partial charge in [0.25, 0.3) is 0 Å².